The van der Waals surface area contributed by atoms with Crippen molar-refractivity contribution in [2.45, 2.75) is 98.0 Å². The molecular formula is C30H50O4. The first-order chi connectivity index (χ1) is 16.1. The molecule has 0 bridgehead atoms. The summed E-state index contributed by atoms with van der Waals surface area (Å²) >= 11 is 0. The lowest BCUT2D eigenvalue weighted by atomic mass is 9.37. The molecule has 0 aromatic carbocycles. The number of rotatable bonds is 8. The van der Waals surface area contributed by atoms with Gasteiger partial charge in [-0.15, -0.1) is 0 Å². The molecule has 4 nitrogen and oxygen atoms in total. The quantitative estimate of drug-likeness (QED) is 0.325. The SMILES string of the molecule is C=C(CCC(C)C1CCC2C3C[C@@H](C=O)C4(CO)C[C@@H](O)CC[C@]4(CO)C3CC[C@]12C)C(C)C. The van der Waals surface area contributed by atoms with E-state index < -0.39 is 16.9 Å². The van der Waals surface area contributed by atoms with Crippen LogP contribution in [0, 0.1) is 57.7 Å². The molecule has 0 spiro atoms. The van der Waals surface area contributed by atoms with Gasteiger partial charge in [0.05, 0.1) is 12.7 Å². The lowest BCUT2D eigenvalue weighted by Gasteiger charge is -2.67. The summed E-state index contributed by atoms with van der Waals surface area (Å²) in [6, 6.07) is 0. The molecular weight excluding hydrogens is 424 g/mol. The molecule has 4 heteroatoms. The topological polar surface area (TPSA) is 77.8 Å². The van der Waals surface area contributed by atoms with Crippen molar-refractivity contribution < 1.29 is 20.1 Å². The van der Waals surface area contributed by atoms with Gasteiger partial charge in [-0.2, -0.15) is 0 Å². The Labute approximate surface area is 207 Å². The molecule has 4 aliphatic carbocycles. The van der Waals surface area contributed by atoms with E-state index in [1.165, 1.54) is 31.3 Å². The van der Waals surface area contributed by atoms with Crippen molar-refractivity contribution in [3.63, 3.8) is 0 Å². The summed E-state index contributed by atoms with van der Waals surface area (Å²) in [6.07, 6.45) is 10.3. The highest BCUT2D eigenvalue weighted by Crippen LogP contribution is 2.72. The summed E-state index contributed by atoms with van der Waals surface area (Å²) in [5, 5.41) is 32.2. The summed E-state index contributed by atoms with van der Waals surface area (Å²) in [4.78, 5) is 12.5. The van der Waals surface area contributed by atoms with Crippen molar-refractivity contribution in [3.8, 4) is 0 Å². The van der Waals surface area contributed by atoms with Gasteiger partial charge >= 0.3 is 0 Å². The molecule has 4 aliphatic rings. The van der Waals surface area contributed by atoms with Gasteiger partial charge in [0.25, 0.3) is 0 Å². The molecule has 34 heavy (non-hydrogen) atoms. The smallest absolute Gasteiger partial charge is 0.123 e. The Bertz CT molecular complexity index is 763. The molecule has 0 aliphatic heterocycles. The van der Waals surface area contributed by atoms with Crippen molar-refractivity contribution >= 4 is 6.29 Å². The number of carbonyl (C=O) groups excluding carboxylic acids is 1. The van der Waals surface area contributed by atoms with Crippen molar-refractivity contribution in [1.82, 2.24) is 0 Å². The maximum absolute atomic E-state index is 12.5. The van der Waals surface area contributed by atoms with Gasteiger partial charge in [-0.3, -0.25) is 0 Å². The Balaban J connectivity index is 1.61. The second kappa shape index (κ2) is 9.63. The molecule has 10 atom stereocenters. The summed E-state index contributed by atoms with van der Waals surface area (Å²) in [6.45, 7) is 13.7. The number of fused-ring (bicyclic) bond motifs is 5. The van der Waals surface area contributed by atoms with E-state index in [1.807, 2.05) is 0 Å². The highest BCUT2D eigenvalue weighted by molar-refractivity contribution is 5.56. The predicted molar refractivity (Wildman–Crippen MR) is 136 cm³/mol. The van der Waals surface area contributed by atoms with Gasteiger partial charge < -0.3 is 20.1 Å². The van der Waals surface area contributed by atoms with E-state index in [2.05, 4.69) is 34.3 Å². The van der Waals surface area contributed by atoms with Crippen molar-refractivity contribution in [1.29, 1.82) is 0 Å². The fourth-order valence-corrected chi connectivity index (χ4v) is 10.1. The van der Waals surface area contributed by atoms with E-state index in [1.54, 1.807) is 0 Å². The third-order valence-electron chi connectivity index (χ3n) is 12.1. The first kappa shape index (κ1) is 26.4. The summed E-state index contributed by atoms with van der Waals surface area (Å²) in [5.41, 5.74) is 0.520. The van der Waals surface area contributed by atoms with Crippen LogP contribution in [0.1, 0.15) is 91.9 Å². The van der Waals surface area contributed by atoms with Gasteiger partial charge in [-0.1, -0.05) is 39.8 Å². The highest BCUT2D eigenvalue weighted by atomic mass is 16.3. The number of allylic oxidation sites excluding steroid dienone is 1. The number of aliphatic hydroxyl groups is 3. The number of aldehydes is 1. The molecule has 0 aromatic rings. The molecule has 4 saturated carbocycles. The first-order valence-electron chi connectivity index (χ1n) is 14.1. The Morgan fingerprint density at radius 1 is 1.03 bits per heavy atom. The molecule has 0 heterocycles. The summed E-state index contributed by atoms with van der Waals surface area (Å²) in [5.74, 6) is 2.99. The second-order valence-corrected chi connectivity index (χ2v) is 13.4. The van der Waals surface area contributed by atoms with Gasteiger partial charge in [0.2, 0.25) is 0 Å². The zero-order valence-corrected chi connectivity index (χ0v) is 22.1. The standard InChI is InChI=1S/C30H50O4/c1-19(2)20(3)6-7-21(4)25-8-9-26-24-14-22(16-31)30(18-33)15-23(34)10-13-29(30,17-32)27(24)11-12-28(25,26)5/h16,19,21-27,32-34H,3,6-15,17-18H2,1-2,4-5H3/t21?,22-,23-,24?,25?,26?,27?,28+,29-,30?/m0/s1. The molecule has 4 rings (SSSR count). The van der Waals surface area contributed by atoms with Crippen LogP contribution in [0.15, 0.2) is 12.2 Å². The zero-order valence-electron chi connectivity index (χ0n) is 22.1. The van der Waals surface area contributed by atoms with Crippen LogP contribution < -0.4 is 0 Å². The maximum atomic E-state index is 12.5. The highest BCUT2D eigenvalue weighted by Gasteiger charge is 2.69. The van der Waals surface area contributed by atoms with Crippen LogP contribution in [-0.2, 0) is 4.79 Å². The summed E-state index contributed by atoms with van der Waals surface area (Å²) < 4.78 is 0. The lowest BCUT2D eigenvalue weighted by Crippen LogP contribution is -2.66. The van der Waals surface area contributed by atoms with Gasteiger partial charge in [0, 0.05) is 23.4 Å². The summed E-state index contributed by atoms with van der Waals surface area (Å²) in [7, 11) is 0. The number of hydrogen-bond donors (Lipinski definition) is 3. The zero-order chi connectivity index (χ0) is 24.9. The average Bonchev–Trinajstić information content (AvgIpc) is 3.18. The number of aliphatic hydroxyl groups excluding tert-OH is 3. The minimum absolute atomic E-state index is 0.0202. The van der Waals surface area contributed by atoms with Crippen LogP contribution in [0.4, 0.5) is 0 Å². The molecule has 4 fully saturated rings. The maximum Gasteiger partial charge on any atom is 0.123 e. The van der Waals surface area contributed by atoms with Crippen LogP contribution in [0.5, 0.6) is 0 Å². The Hall–Kier alpha value is -0.710. The minimum Gasteiger partial charge on any atom is -0.396 e. The Morgan fingerprint density at radius 2 is 1.74 bits per heavy atom. The molecule has 0 radical (unpaired) electrons. The first-order valence-corrected chi connectivity index (χ1v) is 14.1. The van der Waals surface area contributed by atoms with Gasteiger partial charge in [-0.25, -0.2) is 0 Å². The monoisotopic (exact) mass is 474 g/mol. The molecule has 194 valence electrons. The largest absolute Gasteiger partial charge is 0.396 e. The Kier molecular flexibility index (Phi) is 7.47. The van der Waals surface area contributed by atoms with Gasteiger partial charge in [-0.05, 0) is 105 Å². The van der Waals surface area contributed by atoms with Crippen molar-refractivity contribution in [2.75, 3.05) is 13.2 Å². The fourth-order valence-electron chi connectivity index (χ4n) is 10.1. The number of hydrogen-bond acceptors (Lipinski definition) is 4. The molecule has 0 amide bonds. The second-order valence-electron chi connectivity index (χ2n) is 13.4. The minimum atomic E-state index is -0.682. The van der Waals surface area contributed by atoms with E-state index in [0.717, 1.165) is 32.0 Å². The molecule has 0 saturated heterocycles. The fraction of sp³-hybridized carbons (Fsp3) is 0.900. The van der Waals surface area contributed by atoms with Crippen LogP contribution >= 0.6 is 0 Å². The van der Waals surface area contributed by atoms with Gasteiger partial charge in [0.15, 0.2) is 0 Å². The van der Waals surface area contributed by atoms with E-state index in [0.29, 0.717) is 48.3 Å². The van der Waals surface area contributed by atoms with Crippen LogP contribution in [0.25, 0.3) is 0 Å². The number of carbonyl (C=O) groups is 1. The van der Waals surface area contributed by atoms with E-state index in [9.17, 15) is 20.1 Å². The van der Waals surface area contributed by atoms with Crippen LogP contribution in [0.3, 0.4) is 0 Å². The van der Waals surface area contributed by atoms with E-state index >= 15 is 0 Å². The molecule has 0 aromatic heterocycles. The normalized spacial score (nSPS) is 46.9. The third kappa shape index (κ3) is 3.77. The van der Waals surface area contributed by atoms with E-state index in [-0.39, 0.29) is 24.5 Å². The lowest BCUT2D eigenvalue weighted by molar-refractivity contribution is -0.235. The third-order valence-corrected chi connectivity index (χ3v) is 12.1. The van der Waals surface area contributed by atoms with Gasteiger partial charge in [0.1, 0.15) is 6.29 Å². The van der Waals surface area contributed by atoms with Crippen LogP contribution in [-0.4, -0.2) is 40.9 Å². The van der Waals surface area contributed by atoms with Crippen molar-refractivity contribution in [2.24, 2.45) is 57.7 Å². The molecule has 3 N–H and O–H groups in total. The predicted octanol–water partition coefficient (Wildman–Crippen LogP) is 5.39. The van der Waals surface area contributed by atoms with Crippen LogP contribution in [0.2, 0.25) is 0 Å². The van der Waals surface area contributed by atoms with Crippen molar-refractivity contribution in [3.05, 3.63) is 12.2 Å². The molecule has 6 unspecified atom stereocenters. The Morgan fingerprint density at radius 3 is 2.35 bits per heavy atom. The van der Waals surface area contributed by atoms with E-state index in [4.69, 9.17) is 0 Å². The average molecular weight is 475 g/mol.